The number of carbonyl (C=O) groups is 1. The molecule has 0 saturated heterocycles. The highest BCUT2D eigenvalue weighted by Crippen LogP contribution is 2.07. The van der Waals surface area contributed by atoms with Crippen LogP contribution in [0.1, 0.15) is 6.42 Å². The standard InChI is InChI=1S/C4H9NO2S2/c5-3(4(6)7)1-2-9-8/h3,8H,1-2,5H2,(H,6,7). The summed E-state index contributed by atoms with van der Waals surface area (Å²) in [5.74, 6) is -0.270. The maximum absolute atomic E-state index is 10.0. The molecule has 0 aromatic rings. The van der Waals surface area contributed by atoms with Crippen LogP contribution in [-0.2, 0) is 4.79 Å². The number of aliphatic carboxylic acids is 1. The lowest BCUT2D eigenvalue weighted by molar-refractivity contribution is -0.138. The van der Waals surface area contributed by atoms with E-state index < -0.39 is 12.0 Å². The quantitative estimate of drug-likeness (QED) is 0.418. The molecule has 0 aliphatic carbocycles. The number of carboxylic acids is 1. The van der Waals surface area contributed by atoms with Gasteiger partial charge in [-0.05, 0) is 6.42 Å². The number of hydrogen-bond acceptors (Lipinski definition) is 4. The van der Waals surface area contributed by atoms with Crippen molar-refractivity contribution in [1.29, 1.82) is 0 Å². The number of carboxylic acid groups (broad SMARTS) is 1. The third kappa shape index (κ3) is 4.62. The largest absolute Gasteiger partial charge is 0.480 e. The zero-order valence-corrected chi connectivity index (χ0v) is 6.49. The molecule has 0 amide bonds. The first kappa shape index (κ1) is 9.13. The van der Waals surface area contributed by atoms with Gasteiger partial charge in [-0.3, -0.25) is 4.79 Å². The topological polar surface area (TPSA) is 63.3 Å². The molecular weight excluding hydrogens is 158 g/mol. The van der Waals surface area contributed by atoms with Crippen LogP contribution in [0.25, 0.3) is 0 Å². The number of thiol groups is 1. The van der Waals surface area contributed by atoms with E-state index in [-0.39, 0.29) is 0 Å². The Morgan fingerprint density at radius 3 is 2.78 bits per heavy atom. The van der Waals surface area contributed by atoms with Gasteiger partial charge in [-0.1, -0.05) is 10.8 Å². The summed E-state index contributed by atoms with van der Waals surface area (Å²) in [5.41, 5.74) is 5.16. The van der Waals surface area contributed by atoms with Crippen LogP contribution in [0.4, 0.5) is 0 Å². The molecule has 0 heterocycles. The molecule has 1 unspecified atom stereocenters. The average Bonchev–Trinajstić information content (AvgIpc) is 1.82. The van der Waals surface area contributed by atoms with Crippen LogP contribution in [-0.4, -0.2) is 22.9 Å². The van der Waals surface area contributed by atoms with E-state index in [0.717, 1.165) is 0 Å². The van der Waals surface area contributed by atoms with Crippen molar-refractivity contribution in [3.8, 4) is 0 Å². The Balaban J connectivity index is 3.27. The molecule has 0 spiro atoms. The molecule has 3 nitrogen and oxygen atoms in total. The average molecular weight is 167 g/mol. The van der Waals surface area contributed by atoms with Gasteiger partial charge in [0.2, 0.25) is 0 Å². The maximum atomic E-state index is 10.0. The summed E-state index contributed by atoms with van der Waals surface area (Å²) in [7, 11) is 1.30. The molecule has 0 aliphatic heterocycles. The van der Waals surface area contributed by atoms with Crippen molar-refractivity contribution >= 4 is 28.4 Å². The van der Waals surface area contributed by atoms with Gasteiger partial charge in [0.1, 0.15) is 6.04 Å². The van der Waals surface area contributed by atoms with E-state index in [9.17, 15) is 4.79 Å². The highest BCUT2D eigenvalue weighted by Gasteiger charge is 2.09. The smallest absolute Gasteiger partial charge is 0.320 e. The summed E-state index contributed by atoms with van der Waals surface area (Å²) in [6.45, 7) is 0. The Morgan fingerprint density at radius 2 is 2.44 bits per heavy atom. The molecular formula is C4H9NO2S2. The molecule has 5 heteroatoms. The minimum absolute atomic E-state index is 0.476. The van der Waals surface area contributed by atoms with Gasteiger partial charge in [-0.15, -0.1) is 11.7 Å². The summed E-state index contributed by atoms with van der Waals surface area (Å²) in [6, 6.07) is -0.732. The van der Waals surface area contributed by atoms with Crippen molar-refractivity contribution in [2.45, 2.75) is 12.5 Å². The monoisotopic (exact) mass is 167 g/mol. The molecule has 0 bridgehead atoms. The van der Waals surface area contributed by atoms with E-state index >= 15 is 0 Å². The van der Waals surface area contributed by atoms with Crippen LogP contribution in [0.3, 0.4) is 0 Å². The van der Waals surface area contributed by atoms with Crippen LogP contribution in [0.5, 0.6) is 0 Å². The van der Waals surface area contributed by atoms with E-state index in [4.69, 9.17) is 10.8 Å². The lowest BCUT2D eigenvalue weighted by Gasteiger charge is -2.01. The Bertz CT molecular complexity index is 98.6. The van der Waals surface area contributed by atoms with Crippen molar-refractivity contribution in [2.75, 3.05) is 5.75 Å². The maximum Gasteiger partial charge on any atom is 0.320 e. The number of nitrogens with two attached hydrogens (primary N) is 1. The summed E-state index contributed by atoms with van der Waals surface area (Å²) >= 11 is 3.83. The van der Waals surface area contributed by atoms with Gasteiger partial charge in [0, 0.05) is 5.75 Å². The van der Waals surface area contributed by atoms with Crippen molar-refractivity contribution in [3.63, 3.8) is 0 Å². The highest BCUT2D eigenvalue weighted by molar-refractivity contribution is 8.68. The lowest BCUT2D eigenvalue weighted by atomic mass is 10.2. The molecule has 54 valence electrons. The molecule has 0 aromatic heterocycles. The van der Waals surface area contributed by atoms with Crippen molar-refractivity contribution in [3.05, 3.63) is 0 Å². The van der Waals surface area contributed by atoms with Gasteiger partial charge in [0.15, 0.2) is 0 Å². The van der Waals surface area contributed by atoms with Gasteiger partial charge < -0.3 is 10.8 Å². The fourth-order valence-corrected chi connectivity index (χ4v) is 0.979. The zero-order chi connectivity index (χ0) is 7.28. The highest BCUT2D eigenvalue weighted by atomic mass is 33.1. The third-order valence-corrected chi connectivity index (χ3v) is 1.80. The van der Waals surface area contributed by atoms with E-state index in [1.54, 1.807) is 0 Å². The predicted octanol–water partition coefficient (Wildman–Crippen LogP) is 0.366. The Hall–Kier alpha value is 0.130. The molecule has 0 fully saturated rings. The van der Waals surface area contributed by atoms with Crippen molar-refractivity contribution < 1.29 is 9.90 Å². The van der Waals surface area contributed by atoms with Gasteiger partial charge in [-0.2, -0.15) is 0 Å². The Kier molecular flexibility index (Phi) is 5.03. The zero-order valence-electron chi connectivity index (χ0n) is 4.78. The molecule has 0 saturated carbocycles. The predicted molar refractivity (Wildman–Crippen MR) is 41.7 cm³/mol. The van der Waals surface area contributed by atoms with Gasteiger partial charge in [0.25, 0.3) is 0 Å². The van der Waals surface area contributed by atoms with Crippen LogP contribution < -0.4 is 5.73 Å². The molecule has 0 rings (SSSR count). The van der Waals surface area contributed by atoms with Crippen LogP contribution in [0.15, 0.2) is 0 Å². The van der Waals surface area contributed by atoms with Crippen LogP contribution >= 0.6 is 22.5 Å². The second-order valence-corrected chi connectivity index (χ2v) is 3.01. The molecule has 9 heavy (non-hydrogen) atoms. The van der Waals surface area contributed by atoms with E-state index in [0.29, 0.717) is 12.2 Å². The summed E-state index contributed by atoms with van der Waals surface area (Å²) in [5, 5.41) is 8.25. The second kappa shape index (κ2) is 4.96. The first-order chi connectivity index (χ1) is 4.18. The van der Waals surface area contributed by atoms with Gasteiger partial charge in [0.05, 0.1) is 0 Å². The summed E-state index contributed by atoms with van der Waals surface area (Å²) < 4.78 is 0. The number of rotatable bonds is 4. The fraction of sp³-hybridized carbons (Fsp3) is 0.750. The second-order valence-electron chi connectivity index (χ2n) is 1.57. The summed E-state index contributed by atoms with van der Waals surface area (Å²) in [6.07, 6.45) is 0.476. The van der Waals surface area contributed by atoms with E-state index in [1.165, 1.54) is 10.8 Å². The van der Waals surface area contributed by atoms with Gasteiger partial charge >= 0.3 is 5.97 Å². The lowest BCUT2D eigenvalue weighted by Crippen LogP contribution is -2.30. The molecule has 0 radical (unpaired) electrons. The first-order valence-electron chi connectivity index (χ1n) is 2.43. The minimum Gasteiger partial charge on any atom is -0.480 e. The number of hydrogen-bond donors (Lipinski definition) is 3. The van der Waals surface area contributed by atoms with Crippen LogP contribution in [0.2, 0.25) is 0 Å². The van der Waals surface area contributed by atoms with E-state index in [2.05, 4.69) is 11.7 Å². The molecule has 1 atom stereocenters. The third-order valence-electron chi connectivity index (χ3n) is 0.837. The van der Waals surface area contributed by atoms with Crippen molar-refractivity contribution in [2.24, 2.45) is 5.73 Å². The normalized spacial score (nSPS) is 13.1. The molecule has 0 aliphatic rings. The van der Waals surface area contributed by atoms with Crippen molar-refractivity contribution in [1.82, 2.24) is 0 Å². The van der Waals surface area contributed by atoms with E-state index in [1.807, 2.05) is 0 Å². The SMILES string of the molecule is NC(CCSS)C(=O)O. The Labute approximate surface area is 62.8 Å². The molecule has 3 N–H and O–H groups in total. The summed E-state index contributed by atoms with van der Waals surface area (Å²) in [4.78, 5) is 10.0. The van der Waals surface area contributed by atoms with Crippen LogP contribution in [0, 0.1) is 0 Å². The fourth-order valence-electron chi connectivity index (χ4n) is 0.303. The Morgan fingerprint density at radius 1 is 1.89 bits per heavy atom. The minimum atomic E-state index is -0.947. The molecule has 0 aromatic carbocycles. The van der Waals surface area contributed by atoms with Gasteiger partial charge in [-0.25, -0.2) is 0 Å². The first-order valence-corrected chi connectivity index (χ1v) is 4.47.